The maximum atomic E-state index is 16.2. The molecule has 8 aromatic carbocycles. The molecule has 1 aliphatic carbocycles. The van der Waals surface area contributed by atoms with Crippen LogP contribution in [0.1, 0.15) is 29.5 Å². The summed E-state index contributed by atoms with van der Waals surface area (Å²) in [5.41, 5.74) is 10.3. The van der Waals surface area contributed by atoms with Crippen LogP contribution in [0, 0.1) is 19.8 Å². The lowest BCUT2D eigenvalue weighted by Crippen LogP contribution is -2.24. The molecule has 2 unspecified atom stereocenters. The number of pyridine rings is 1. The Hall–Kier alpha value is -8.68. The largest absolute Gasteiger partial charge is 0.456 e. The predicted molar refractivity (Wildman–Crippen MR) is 279 cm³/mol. The fourth-order valence-electron chi connectivity index (χ4n) is 10.2. The van der Waals surface area contributed by atoms with Gasteiger partial charge in [0.25, 0.3) is 5.56 Å². The zero-order valence-corrected chi connectivity index (χ0v) is 37.8. The standard InChI is InChI=1S/C54H37N5O2.C7H8/c1-32-16-9-10-21-36(32)46-33(2)28-29-38-37-30-31-43-48(39-22-11-13-24-41(39)58(43)42-25-15-27-45-47(42)40-23-12-14-26-44(40)61-45)49(37)53(60)59(50(38)46)54-56-51(34-17-5-3-6-18-34)55-52(57-54)35-19-7-4-8-20-35;1-7-5-3-2-4-6-7/h3-32,36H,1-2H3;2-6H,1H3. The molecular weight excluding hydrogens is 835 g/mol. The zero-order chi connectivity index (χ0) is 45.9. The summed E-state index contributed by atoms with van der Waals surface area (Å²) in [6.07, 6.45) is 8.70. The number of fused-ring (bicyclic) bond motifs is 10. The molecule has 68 heavy (non-hydrogen) atoms. The van der Waals surface area contributed by atoms with Crippen molar-refractivity contribution >= 4 is 65.4 Å². The number of hydrogen-bond donors (Lipinski definition) is 0. The van der Waals surface area contributed by atoms with Gasteiger partial charge in [-0.2, -0.15) is 9.97 Å². The van der Waals surface area contributed by atoms with Crippen LogP contribution in [0.3, 0.4) is 0 Å². The number of aryl methyl sites for hydroxylation is 2. The molecule has 4 aromatic heterocycles. The first kappa shape index (κ1) is 40.8. The summed E-state index contributed by atoms with van der Waals surface area (Å²) in [5, 5.41) is 6.34. The third-order valence-corrected chi connectivity index (χ3v) is 13.4. The van der Waals surface area contributed by atoms with Gasteiger partial charge < -0.3 is 8.98 Å². The van der Waals surface area contributed by atoms with Crippen LogP contribution in [-0.4, -0.2) is 24.1 Å². The Morgan fingerprint density at radius 2 is 1.10 bits per heavy atom. The Bertz CT molecular complexity index is 3980. The summed E-state index contributed by atoms with van der Waals surface area (Å²) in [7, 11) is 0. The molecule has 0 spiro atoms. The molecule has 0 saturated heterocycles. The highest BCUT2D eigenvalue weighted by molar-refractivity contribution is 6.26. The predicted octanol–water partition coefficient (Wildman–Crippen LogP) is 14.8. The molecule has 13 rings (SSSR count). The van der Waals surface area contributed by atoms with E-state index in [4.69, 9.17) is 19.4 Å². The van der Waals surface area contributed by atoms with Crippen LogP contribution in [0.15, 0.2) is 216 Å². The van der Waals surface area contributed by atoms with Crippen LogP contribution in [-0.2, 0) is 0 Å². The molecule has 2 atom stereocenters. The highest BCUT2D eigenvalue weighted by atomic mass is 16.3. The Morgan fingerprint density at radius 1 is 0.485 bits per heavy atom. The highest BCUT2D eigenvalue weighted by Gasteiger charge is 2.28. The second-order valence-electron chi connectivity index (χ2n) is 17.6. The van der Waals surface area contributed by atoms with Gasteiger partial charge in [-0.05, 0) is 66.6 Å². The quantitative estimate of drug-likeness (QED) is 0.161. The minimum Gasteiger partial charge on any atom is -0.456 e. The fourth-order valence-corrected chi connectivity index (χ4v) is 10.2. The van der Waals surface area contributed by atoms with Gasteiger partial charge in [0.1, 0.15) is 11.2 Å². The van der Waals surface area contributed by atoms with E-state index < -0.39 is 0 Å². The van der Waals surface area contributed by atoms with Gasteiger partial charge in [0.2, 0.25) is 5.95 Å². The van der Waals surface area contributed by atoms with Gasteiger partial charge in [-0.25, -0.2) is 9.55 Å². The number of benzene rings is 8. The molecule has 4 heterocycles. The molecule has 0 bridgehead atoms. The lowest BCUT2D eigenvalue weighted by atomic mass is 9.80. The van der Waals surface area contributed by atoms with Crippen molar-refractivity contribution in [2.75, 3.05) is 0 Å². The van der Waals surface area contributed by atoms with Crippen LogP contribution >= 0.6 is 0 Å². The third-order valence-electron chi connectivity index (χ3n) is 13.4. The average Bonchev–Trinajstić information content (AvgIpc) is 3.94. The van der Waals surface area contributed by atoms with Crippen molar-refractivity contribution in [2.24, 2.45) is 5.92 Å². The van der Waals surface area contributed by atoms with Crippen molar-refractivity contribution in [1.82, 2.24) is 24.1 Å². The van der Waals surface area contributed by atoms with Crippen LogP contribution in [0.25, 0.3) is 99.8 Å². The third kappa shape index (κ3) is 6.73. The van der Waals surface area contributed by atoms with Crippen molar-refractivity contribution in [2.45, 2.75) is 26.7 Å². The fraction of sp³-hybridized carbons (Fsp3) is 0.0820. The Kier molecular flexibility index (Phi) is 9.98. The Balaban J connectivity index is 0.000000632. The van der Waals surface area contributed by atoms with Crippen molar-refractivity contribution in [3.8, 4) is 34.4 Å². The molecule has 7 heteroatoms. The van der Waals surface area contributed by atoms with Crippen LogP contribution in [0.2, 0.25) is 0 Å². The molecule has 0 N–H and O–H groups in total. The smallest absolute Gasteiger partial charge is 0.266 e. The average molecular weight is 880 g/mol. The minimum absolute atomic E-state index is 0.0109. The molecule has 0 saturated carbocycles. The van der Waals surface area contributed by atoms with E-state index >= 15 is 4.79 Å². The van der Waals surface area contributed by atoms with Gasteiger partial charge in [-0.15, -0.1) is 0 Å². The summed E-state index contributed by atoms with van der Waals surface area (Å²) >= 11 is 0. The Labute approximate surface area is 392 Å². The van der Waals surface area contributed by atoms with E-state index in [1.807, 2.05) is 115 Å². The number of hydrogen-bond acceptors (Lipinski definition) is 5. The van der Waals surface area contributed by atoms with Crippen LogP contribution in [0.5, 0.6) is 0 Å². The molecule has 7 nitrogen and oxygen atoms in total. The molecule has 0 fully saturated rings. The number of para-hydroxylation sites is 2. The molecule has 326 valence electrons. The maximum Gasteiger partial charge on any atom is 0.266 e. The number of aromatic nitrogens is 5. The molecule has 0 radical (unpaired) electrons. The zero-order valence-electron chi connectivity index (χ0n) is 37.8. The number of rotatable bonds is 5. The lowest BCUT2D eigenvalue weighted by molar-refractivity contribution is 0.634. The van der Waals surface area contributed by atoms with Crippen molar-refractivity contribution in [3.63, 3.8) is 0 Å². The second kappa shape index (κ2) is 16.6. The van der Waals surface area contributed by atoms with Crippen LogP contribution in [0.4, 0.5) is 0 Å². The summed E-state index contributed by atoms with van der Waals surface area (Å²) in [6, 6.07) is 61.5. The normalized spacial score (nSPS) is 14.6. The molecular formula is C61H45N5O2. The first-order chi connectivity index (χ1) is 33.4. The van der Waals surface area contributed by atoms with Crippen molar-refractivity contribution in [1.29, 1.82) is 0 Å². The van der Waals surface area contributed by atoms with Gasteiger partial charge in [0.15, 0.2) is 11.6 Å². The summed E-state index contributed by atoms with van der Waals surface area (Å²) in [6.45, 7) is 6.46. The van der Waals surface area contributed by atoms with Gasteiger partial charge in [0, 0.05) is 38.6 Å². The number of furan rings is 1. The van der Waals surface area contributed by atoms with Gasteiger partial charge in [-0.1, -0.05) is 188 Å². The summed E-state index contributed by atoms with van der Waals surface area (Å²) < 4.78 is 10.5. The first-order valence-corrected chi connectivity index (χ1v) is 23.1. The van der Waals surface area contributed by atoms with E-state index in [1.54, 1.807) is 4.57 Å². The molecule has 0 amide bonds. The Morgan fingerprint density at radius 3 is 1.79 bits per heavy atom. The SMILES string of the molecule is Cc1ccc2c3ccc4c(c5ccccc5n4-c4cccc5oc6ccccc6c45)c3c(=O)n(-c3nc(-c4ccccc4)nc(-c4ccccc4)n3)c2c1C1C=CC=CC1C.Cc1ccccc1. The van der Waals surface area contributed by atoms with E-state index in [-0.39, 0.29) is 23.3 Å². The minimum atomic E-state index is -0.193. The summed E-state index contributed by atoms with van der Waals surface area (Å²) in [5.74, 6) is 1.45. The highest BCUT2D eigenvalue weighted by Crippen LogP contribution is 2.44. The number of nitrogens with zero attached hydrogens (tertiary/aromatic N) is 5. The van der Waals surface area contributed by atoms with E-state index in [0.29, 0.717) is 17.0 Å². The molecule has 1 aliphatic rings. The second-order valence-corrected chi connectivity index (χ2v) is 17.6. The monoisotopic (exact) mass is 879 g/mol. The van der Waals surface area contributed by atoms with Crippen molar-refractivity contribution < 1.29 is 4.42 Å². The first-order valence-electron chi connectivity index (χ1n) is 23.1. The number of allylic oxidation sites excluding steroid dienone is 4. The van der Waals surface area contributed by atoms with Gasteiger partial charge >= 0.3 is 0 Å². The van der Waals surface area contributed by atoms with Gasteiger partial charge in [-0.3, -0.25) is 4.79 Å². The van der Waals surface area contributed by atoms with Crippen LogP contribution < -0.4 is 5.56 Å². The molecule has 0 aliphatic heterocycles. The van der Waals surface area contributed by atoms with Crippen molar-refractivity contribution in [3.05, 3.63) is 233 Å². The summed E-state index contributed by atoms with van der Waals surface area (Å²) in [4.78, 5) is 31.6. The van der Waals surface area contributed by atoms with E-state index in [0.717, 1.165) is 88.0 Å². The lowest BCUT2D eigenvalue weighted by Gasteiger charge is -2.26. The van der Waals surface area contributed by atoms with E-state index in [2.05, 4.69) is 116 Å². The van der Waals surface area contributed by atoms with Gasteiger partial charge in [0.05, 0.1) is 33.0 Å². The molecule has 12 aromatic rings. The van der Waals surface area contributed by atoms with E-state index in [1.165, 1.54) is 5.56 Å². The topological polar surface area (TPSA) is 78.7 Å². The van der Waals surface area contributed by atoms with E-state index in [9.17, 15) is 0 Å². The maximum absolute atomic E-state index is 16.2.